The van der Waals surface area contributed by atoms with Crippen LogP contribution >= 0.6 is 27.7 Å². The predicted molar refractivity (Wildman–Crippen MR) is 89.2 cm³/mol. The van der Waals surface area contributed by atoms with Crippen molar-refractivity contribution in [2.75, 3.05) is 21.3 Å². The second kappa shape index (κ2) is 7.56. The van der Waals surface area contributed by atoms with Gasteiger partial charge in [0.1, 0.15) is 11.5 Å². The molecule has 0 aromatic heterocycles. The lowest BCUT2D eigenvalue weighted by molar-refractivity contribution is 0.0600. The molecule has 0 unspecified atom stereocenters. The normalized spacial score (nSPS) is 10.2. The van der Waals surface area contributed by atoms with Crippen molar-refractivity contribution < 1.29 is 19.0 Å². The molecule has 0 aliphatic heterocycles. The van der Waals surface area contributed by atoms with Gasteiger partial charge >= 0.3 is 5.97 Å². The number of esters is 1. The van der Waals surface area contributed by atoms with Crippen LogP contribution in [-0.2, 0) is 4.74 Å². The lowest BCUT2D eigenvalue weighted by atomic mass is 10.2. The van der Waals surface area contributed by atoms with Crippen LogP contribution in [0.4, 0.5) is 0 Å². The molecule has 0 radical (unpaired) electrons. The average molecular weight is 383 g/mol. The summed E-state index contributed by atoms with van der Waals surface area (Å²) < 4.78 is 16.1. The fraction of sp³-hybridized carbons (Fsp3) is 0.188. The first-order valence-electron chi connectivity index (χ1n) is 6.36. The zero-order valence-corrected chi connectivity index (χ0v) is 14.8. The van der Waals surface area contributed by atoms with E-state index in [-0.39, 0.29) is 5.97 Å². The number of methoxy groups -OCH3 is 3. The summed E-state index contributed by atoms with van der Waals surface area (Å²) in [5.41, 5.74) is 0.497. The molecule has 2 rings (SSSR count). The minimum absolute atomic E-state index is 0.365. The van der Waals surface area contributed by atoms with Gasteiger partial charge in [-0.25, -0.2) is 4.79 Å². The molecule has 2 aromatic rings. The van der Waals surface area contributed by atoms with E-state index in [1.54, 1.807) is 26.4 Å². The van der Waals surface area contributed by atoms with E-state index in [1.807, 2.05) is 24.3 Å². The summed E-state index contributed by atoms with van der Waals surface area (Å²) in [7, 11) is 4.61. The van der Waals surface area contributed by atoms with Crippen molar-refractivity contribution >= 4 is 33.7 Å². The van der Waals surface area contributed by atoms with Crippen LogP contribution in [0.1, 0.15) is 10.4 Å². The van der Waals surface area contributed by atoms with E-state index >= 15 is 0 Å². The van der Waals surface area contributed by atoms with Gasteiger partial charge in [-0.05, 0) is 52.3 Å². The second-order valence-corrected chi connectivity index (χ2v) is 6.19. The van der Waals surface area contributed by atoms with Crippen LogP contribution in [0.15, 0.2) is 50.7 Å². The summed E-state index contributed by atoms with van der Waals surface area (Å²) in [5.74, 6) is 1.15. The molecule has 0 aliphatic rings. The van der Waals surface area contributed by atoms with Crippen molar-refractivity contribution in [1.82, 2.24) is 0 Å². The molecule has 0 N–H and O–H groups in total. The van der Waals surface area contributed by atoms with E-state index in [0.717, 1.165) is 25.8 Å². The highest BCUT2D eigenvalue weighted by molar-refractivity contribution is 9.10. The fourth-order valence-corrected chi connectivity index (χ4v) is 3.39. The number of hydrogen-bond donors (Lipinski definition) is 0. The van der Waals surface area contributed by atoms with Crippen LogP contribution in [0, 0.1) is 0 Å². The number of halogens is 1. The Balaban J connectivity index is 2.32. The minimum atomic E-state index is -0.365. The van der Waals surface area contributed by atoms with Gasteiger partial charge in [-0.1, -0.05) is 11.8 Å². The molecule has 0 atom stereocenters. The summed E-state index contributed by atoms with van der Waals surface area (Å²) in [4.78, 5) is 13.4. The maximum atomic E-state index is 11.5. The molecule has 0 aliphatic carbocycles. The van der Waals surface area contributed by atoms with E-state index in [1.165, 1.54) is 18.9 Å². The van der Waals surface area contributed by atoms with Gasteiger partial charge in [-0.3, -0.25) is 0 Å². The van der Waals surface area contributed by atoms with Crippen molar-refractivity contribution in [1.29, 1.82) is 0 Å². The molecule has 0 bridgehead atoms. The Kier molecular flexibility index (Phi) is 5.74. The molecule has 22 heavy (non-hydrogen) atoms. The molecule has 6 heteroatoms. The first-order chi connectivity index (χ1) is 10.6. The third-order valence-corrected chi connectivity index (χ3v) is 4.98. The zero-order valence-electron chi connectivity index (χ0n) is 12.4. The maximum absolute atomic E-state index is 11.5. The van der Waals surface area contributed by atoms with Gasteiger partial charge in [-0.15, -0.1) is 0 Å². The second-order valence-electron chi connectivity index (χ2n) is 4.26. The summed E-state index contributed by atoms with van der Waals surface area (Å²) in [6.07, 6.45) is 0. The Morgan fingerprint density at radius 1 is 1.00 bits per heavy atom. The molecule has 0 saturated carbocycles. The molecular weight excluding hydrogens is 368 g/mol. The van der Waals surface area contributed by atoms with Gasteiger partial charge in [0.2, 0.25) is 0 Å². The molecule has 0 heterocycles. The highest BCUT2D eigenvalue weighted by Crippen LogP contribution is 2.40. The van der Waals surface area contributed by atoms with Crippen LogP contribution in [0.5, 0.6) is 11.5 Å². The van der Waals surface area contributed by atoms with E-state index in [4.69, 9.17) is 14.2 Å². The molecule has 0 spiro atoms. The van der Waals surface area contributed by atoms with Crippen LogP contribution in [0.25, 0.3) is 0 Å². The number of ether oxygens (including phenoxy) is 3. The van der Waals surface area contributed by atoms with Gasteiger partial charge in [-0.2, -0.15) is 0 Å². The monoisotopic (exact) mass is 382 g/mol. The molecule has 0 saturated heterocycles. The van der Waals surface area contributed by atoms with Crippen LogP contribution < -0.4 is 9.47 Å². The molecule has 0 amide bonds. The Labute approximate surface area is 141 Å². The van der Waals surface area contributed by atoms with Crippen molar-refractivity contribution in [2.24, 2.45) is 0 Å². The van der Waals surface area contributed by atoms with E-state index in [0.29, 0.717) is 5.56 Å². The smallest absolute Gasteiger partial charge is 0.337 e. The lowest BCUT2D eigenvalue weighted by Gasteiger charge is -2.11. The first kappa shape index (κ1) is 16.7. The summed E-state index contributed by atoms with van der Waals surface area (Å²) in [5, 5.41) is 0. The molecule has 4 nitrogen and oxygen atoms in total. The molecule has 116 valence electrons. The Hall–Kier alpha value is -1.66. The standard InChI is InChI=1S/C16H15BrO4S/c1-19-11-5-6-13(20-2)15(9-11)22-14-7-4-10(8-12(14)17)16(18)21-3/h4-9H,1-3H3. The van der Waals surface area contributed by atoms with Crippen molar-refractivity contribution in [3.05, 3.63) is 46.4 Å². The molecule has 0 fully saturated rings. The van der Waals surface area contributed by atoms with Crippen molar-refractivity contribution in [2.45, 2.75) is 9.79 Å². The van der Waals surface area contributed by atoms with Crippen LogP contribution in [0.3, 0.4) is 0 Å². The highest BCUT2D eigenvalue weighted by Gasteiger charge is 2.12. The van der Waals surface area contributed by atoms with Crippen LogP contribution in [0.2, 0.25) is 0 Å². The van der Waals surface area contributed by atoms with E-state index in [2.05, 4.69) is 15.9 Å². The Morgan fingerprint density at radius 2 is 1.77 bits per heavy atom. The third-order valence-electron chi connectivity index (χ3n) is 2.94. The minimum Gasteiger partial charge on any atom is -0.497 e. The van der Waals surface area contributed by atoms with Gasteiger partial charge < -0.3 is 14.2 Å². The van der Waals surface area contributed by atoms with Gasteiger partial charge in [0, 0.05) is 9.37 Å². The van der Waals surface area contributed by atoms with Gasteiger partial charge in [0.15, 0.2) is 0 Å². The SMILES string of the molecule is COC(=O)c1ccc(Sc2cc(OC)ccc2OC)c(Br)c1. The van der Waals surface area contributed by atoms with Crippen molar-refractivity contribution in [3.63, 3.8) is 0 Å². The average Bonchev–Trinajstić information content (AvgIpc) is 2.55. The number of benzene rings is 2. The van der Waals surface area contributed by atoms with E-state index in [9.17, 15) is 4.79 Å². The van der Waals surface area contributed by atoms with Crippen LogP contribution in [-0.4, -0.2) is 27.3 Å². The molecular formula is C16H15BrO4S. The first-order valence-corrected chi connectivity index (χ1v) is 7.97. The number of hydrogen-bond acceptors (Lipinski definition) is 5. The van der Waals surface area contributed by atoms with Gasteiger partial charge in [0.25, 0.3) is 0 Å². The van der Waals surface area contributed by atoms with Gasteiger partial charge in [0.05, 0.1) is 31.8 Å². The number of rotatable bonds is 5. The largest absolute Gasteiger partial charge is 0.497 e. The topological polar surface area (TPSA) is 44.8 Å². The number of carbonyl (C=O) groups is 1. The summed E-state index contributed by atoms with van der Waals surface area (Å²) in [6.45, 7) is 0. The highest BCUT2D eigenvalue weighted by atomic mass is 79.9. The third kappa shape index (κ3) is 3.75. The number of carbonyl (C=O) groups excluding carboxylic acids is 1. The van der Waals surface area contributed by atoms with Crippen molar-refractivity contribution in [3.8, 4) is 11.5 Å². The Bertz CT molecular complexity index is 688. The lowest BCUT2D eigenvalue weighted by Crippen LogP contribution is -2.00. The quantitative estimate of drug-likeness (QED) is 0.716. The predicted octanol–water partition coefficient (Wildman–Crippen LogP) is 4.40. The maximum Gasteiger partial charge on any atom is 0.337 e. The summed E-state index contributed by atoms with van der Waals surface area (Å²) in [6, 6.07) is 10.9. The Morgan fingerprint density at radius 3 is 2.36 bits per heavy atom. The fourth-order valence-electron chi connectivity index (χ4n) is 1.81. The zero-order chi connectivity index (χ0) is 16.1. The summed E-state index contributed by atoms with van der Waals surface area (Å²) >= 11 is 5.00. The molecule has 2 aromatic carbocycles. The van der Waals surface area contributed by atoms with E-state index < -0.39 is 0 Å².